The van der Waals surface area contributed by atoms with Gasteiger partial charge in [0, 0.05) is 20.9 Å². The van der Waals surface area contributed by atoms with Crippen LogP contribution in [0.1, 0.15) is 12.8 Å². The summed E-state index contributed by atoms with van der Waals surface area (Å²) in [6, 6.07) is 15.6. The van der Waals surface area contributed by atoms with Gasteiger partial charge in [-0.05, 0) is 49.2 Å². The Morgan fingerprint density at radius 3 is 2.44 bits per heavy atom. The van der Waals surface area contributed by atoms with Crippen LogP contribution in [-0.2, 0) is 9.59 Å². The number of para-hydroxylation sites is 1. The Hall–Kier alpha value is -2.02. The molecule has 0 spiro atoms. The minimum atomic E-state index is -0.115. The number of benzene rings is 2. The number of rotatable bonds is 8. The van der Waals surface area contributed by atoms with E-state index in [1.807, 2.05) is 55.6 Å². The first-order valence-electron chi connectivity index (χ1n) is 8.92. The number of halogens is 1. The third-order valence-electron chi connectivity index (χ3n) is 4.07. The van der Waals surface area contributed by atoms with Crippen LogP contribution in [0.5, 0.6) is 0 Å². The molecule has 142 valence electrons. The van der Waals surface area contributed by atoms with Crippen molar-refractivity contribution in [3.8, 4) is 0 Å². The summed E-state index contributed by atoms with van der Waals surface area (Å²) in [5, 5.41) is 6.60. The smallest absolute Gasteiger partial charge is 0.279 e. The van der Waals surface area contributed by atoms with Crippen LogP contribution in [0.4, 0.5) is 5.69 Å². The summed E-state index contributed by atoms with van der Waals surface area (Å²) in [5.41, 5.74) is 0.762. The van der Waals surface area contributed by atoms with Crippen molar-refractivity contribution in [2.45, 2.75) is 28.7 Å². The molecule has 0 aromatic heterocycles. The van der Waals surface area contributed by atoms with Crippen molar-refractivity contribution in [3.05, 3.63) is 53.6 Å². The minimum Gasteiger partial charge on any atom is -0.348 e. The van der Waals surface area contributed by atoms with E-state index in [1.165, 1.54) is 0 Å². The summed E-state index contributed by atoms with van der Waals surface area (Å²) in [5.74, 6) is -0.114. The van der Waals surface area contributed by atoms with Crippen molar-refractivity contribution in [3.63, 3.8) is 0 Å². The highest BCUT2D eigenvalue weighted by Gasteiger charge is 2.25. The standard InChI is InChI=1S/C20H22ClN3O2S/c1-24(12-19(25)22-15-8-9-15)13-20(26)23-17-4-2-3-5-18(17)27-16-10-6-14(21)7-11-16/h2-7,10-11,15H,8-9,12-13H2,1H3,(H,22,25)(H,23,26)/p+1. The van der Waals surface area contributed by atoms with Gasteiger partial charge in [-0.25, -0.2) is 0 Å². The number of carbonyl (C=O) groups is 2. The Bertz CT molecular complexity index is 809. The minimum absolute atomic E-state index is 0.00138. The topological polar surface area (TPSA) is 62.6 Å². The number of anilines is 1. The normalized spacial score (nSPS) is 14.4. The molecule has 2 aromatic carbocycles. The van der Waals surface area contributed by atoms with Crippen molar-refractivity contribution >= 4 is 40.9 Å². The predicted octanol–water partition coefficient (Wildman–Crippen LogP) is 2.22. The van der Waals surface area contributed by atoms with Crippen LogP contribution in [0.15, 0.2) is 58.3 Å². The zero-order valence-electron chi connectivity index (χ0n) is 15.1. The quantitative estimate of drug-likeness (QED) is 0.632. The van der Waals surface area contributed by atoms with Crippen LogP contribution in [-0.4, -0.2) is 38.0 Å². The number of quaternary nitrogens is 1. The Balaban J connectivity index is 1.55. The van der Waals surface area contributed by atoms with Crippen LogP contribution in [0.25, 0.3) is 0 Å². The highest BCUT2D eigenvalue weighted by Crippen LogP contribution is 2.33. The van der Waals surface area contributed by atoms with Crippen molar-refractivity contribution in [2.24, 2.45) is 0 Å². The zero-order valence-corrected chi connectivity index (χ0v) is 16.7. The first-order chi connectivity index (χ1) is 13.0. The predicted molar refractivity (Wildman–Crippen MR) is 108 cm³/mol. The zero-order chi connectivity index (χ0) is 19.2. The fourth-order valence-electron chi connectivity index (χ4n) is 2.60. The summed E-state index contributed by atoms with van der Waals surface area (Å²) < 4.78 is 0. The average Bonchev–Trinajstić information content (AvgIpc) is 3.42. The molecule has 0 radical (unpaired) electrons. The van der Waals surface area contributed by atoms with E-state index in [1.54, 1.807) is 11.8 Å². The molecule has 1 fully saturated rings. The van der Waals surface area contributed by atoms with Gasteiger partial charge in [-0.2, -0.15) is 0 Å². The van der Waals surface area contributed by atoms with E-state index in [0.29, 0.717) is 17.6 Å². The molecule has 1 aliphatic carbocycles. The molecule has 1 aliphatic rings. The van der Waals surface area contributed by atoms with Gasteiger partial charge in [0.2, 0.25) is 0 Å². The molecule has 1 atom stereocenters. The van der Waals surface area contributed by atoms with Gasteiger partial charge in [-0.1, -0.05) is 35.5 Å². The first kappa shape index (κ1) is 19.7. The molecule has 27 heavy (non-hydrogen) atoms. The number of amides is 2. The van der Waals surface area contributed by atoms with E-state index in [0.717, 1.165) is 33.2 Å². The van der Waals surface area contributed by atoms with E-state index in [9.17, 15) is 9.59 Å². The Kier molecular flexibility index (Phi) is 6.77. The Labute approximate surface area is 168 Å². The Morgan fingerprint density at radius 1 is 1.07 bits per heavy atom. The van der Waals surface area contributed by atoms with Gasteiger partial charge in [-0.15, -0.1) is 0 Å². The lowest BCUT2D eigenvalue weighted by atomic mass is 10.3. The Morgan fingerprint density at radius 2 is 1.74 bits per heavy atom. The second-order valence-corrected chi connectivity index (χ2v) is 8.30. The van der Waals surface area contributed by atoms with E-state index in [4.69, 9.17) is 11.6 Å². The molecule has 0 bridgehead atoms. The van der Waals surface area contributed by atoms with Crippen LogP contribution in [0.2, 0.25) is 5.02 Å². The lowest BCUT2D eigenvalue weighted by Crippen LogP contribution is -3.11. The van der Waals surface area contributed by atoms with Crippen LogP contribution < -0.4 is 15.5 Å². The van der Waals surface area contributed by atoms with Crippen LogP contribution >= 0.6 is 23.4 Å². The van der Waals surface area contributed by atoms with E-state index >= 15 is 0 Å². The fraction of sp³-hybridized carbons (Fsp3) is 0.300. The number of nitrogens with one attached hydrogen (secondary N) is 3. The third kappa shape index (κ3) is 6.57. The summed E-state index contributed by atoms with van der Waals surface area (Å²) in [6.07, 6.45) is 2.13. The van der Waals surface area contributed by atoms with Crippen molar-refractivity contribution in [1.29, 1.82) is 0 Å². The van der Waals surface area contributed by atoms with Gasteiger partial charge >= 0.3 is 0 Å². The van der Waals surface area contributed by atoms with Crippen LogP contribution in [0, 0.1) is 0 Å². The van der Waals surface area contributed by atoms with Gasteiger partial charge in [0.15, 0.2) is 13.1 Å². The monoisotopic (exact) mass is 404 g/mol. The molecular weight excluding hydrogens is 382 g/mol. The molecule has 7 heteroatoms. The van der Waals surface area contributed by atoms with E-state index in [-0.39, 0.29) is 18.4 Å². The molecule has 1 saturated carbocycles. The summed E-state index contributed by atoms with van der Waals surface area (Å²) in [7, 11) is 1.85. The molecule has 0 saturated heterocycles. The maximum atomic E-state index is 12.4. The second-order valence-electron chi connectivity index (χ2n) is 6.75. The molecule has 0 heterocycles. The van der Waals surface area contributed by atoms with E-state index < -0.39 is 0 Å². The highest BCUT2D eigenvalue weighted by atomic mass is 35.5. The molecule has 0 aliphatic heterocycles. The number of carbonyl (C=O) groups excluding carboxylic acids is 2. The van der Waals surface area contributed by atoms with Gasteiger partial charge in [0.1, 0.15) is 0 Å². The van der Waals surface area contributed by atoms with Gasteiger partial charge < -0.3 is 15.5 Å². The third-order valence-corrected chi connectivity index (χ3v) is 5.41. The van der Waals surface area contributed by atoms with Crippen molar-refractivity contribution < 1.29 is 14.5 Å². The van der Waals surface area contributed by atoms with Crippen molar-refractivity contribution in [2.75, 3.05) is 25.5 Å². The van der Waals surface area contributed by atoms with Gasteiger partial charge in [-0.3, -0.25) is 9.59 Å². The van der Waals surface area contributed by atoms with Crippen LogP contribution in [0.3, 0.4) is 0 Å². The largest absolute Gasteiger partial charge is 0.348 e. The number of hydrogen-bond donors (Lipinski definition) is 3. The number of likely N-dealkylation sites (N-methyl/N-ethyl adjacent to an activating group) is 1. The second kappa shape index (κ2) is 9.26. The lowest BCUT2D eigenvalue weighted by molar-refractivity contribution is -0.862. The SMILES string of the molecule is C[NH+](CC(=O)Nc1ccccc1Sc1ccc(Cl)cc1)CC(=O)NC1CC1. The fourth-order valence-corrected chi connectivity index (χ4v) is 3.63. The first-order valence-corrected chi connectivity index (χ1v) is 10.1. The summed E-state index contributed by atoms with van der Waals surface area (Å²) in [6.45, 7) is 0.531. The maximum absolute atomic E-state index is 12.4. The highest BCUT2D eigenvalue weighted by molar-refractivity contribution is 7.99. The number of hydrogen-bond acceptors (Lipinski definition) is 3. The van der Waals surface area contributed by atoms with Gasteiger partial charge in [0.05, 0.1) is 12.7 Å². The molecule has 3 N–H and O–H groups in total. The lowest BCUT2D eigenvalue weighted by Gasteiger charge is -2.15. The molecule has 2 amide bonds. The van der Waals surface area contributed by atoms with E-state index in [2.05, 4.69) is 10.6 Å². The molecule has 5 nitrogen and oxygen atoms in total. The molecular formula is C20H23ClN3O2S+. The maximum Gasteiger partial charge on any atom is 0.279 e. The van der Waals surface area contributed by atoms with Crippen molar-refractivity contribution in [1.82, 2.24) is 5.32 Å². The molecule has 3 rings (SSSR count). The summed E-state index contributed by atoms with van der Waals surface area (Å²) >= 11 is 7.50. The average molecular weight is 405 g/mol. The molecule has 2 aromatic rings. The van der Waals surface area contributed by atoms with Gasteiger partial charge in [0.25, 0.3) is 11.8 Å². The summed E-state index contributed by atoms with van der Waals surface area (Å²) in [4.78, 5) is 27.1. The molecule has 1 unspecified atom stereocenters.